The maximum Gasteiger partial charge on any atom is 0.157 e. The van der Waals surface area contributed by atoms with Crippen LogP contribution in [0.25, 0.3) is 0 Å². The van der Waals surface area contributed by atoms with Gasteiger partial charge in [0.2, 0.25) is 0 Å². The lowest BCUT2D eigenvalue weighted by Crippen LogP contribution is -2.51. The van der Waals surface area contributed by atoms with Crippen molar-refractivity contribution in [2.24, 2.45) is 11.8 Å². The summed E-state index contributed by atoms with van der Waals surface area (Å²) in [6.07, 6.45) is -4.73. The number of unbranched alkanes of at least 4 members (excludes halogenated alkanes) is 1. The highest BCUT2D eigenvalue weighted by molar-refractivity contribution is 4.98. The summed E-state index contributed by atoms with van der Waals surface area (Å²) in [5.41, 5.74) is 0. The fraction of sp³-hybridized carbons (Fsp3) is 1.00. The highest BCUT2D eigenvalue weighted by Gasteiger charge is 2.50. The Labute approximate surface area is 148 Å². The topological polar surface area (TPSA) is 18.5 Å². The Hall–Kier alpha value is -0.360. The summed E-state index contributed by atoms with van der Waals surface area (Å²) >= 11 is 0. The zero-order valence-corrected chi connectivity index (χ0v) is 15.3. The molecule has 0 heterocycles. The Bertz CT molecular complexity index is 384. The summed E-state index contributed by atoms with van der Waals surface area (Å²) < 4.78 is 68.7. The van der Waals surface area contributed by atoms with Crippen LogP contribution in [0.15, 0.2) is 0 Å². The van der Waals surface area contributed by atoms with Gasteiger partial charge in [-0.3, -0.25) is 0 Å². The second kappa shape index (κ2) is 10.1. The molecule has 2 nitrogen and oxygen atoms in total. The molecule has 0 bridgehead atoms. The number of rotatable bonds is 8. The van der Waals surface area contributed by atoms with Crippen LogP contribution in [0, 0.1) is 11.8 Å². The molecule has 0 amide bonds. The summed E-state index contributed by atoms with van der Waals surface area (Å²) in [5.74, 6) is -1.55. The van der Waals surface area contributed by atoms with Crippen molar-refractivity contribution < 1.29 is 27.0 Å². The monoisotopic (exact) mass is 368 g/mol. The number of hydrogen-bond acceptors (Lipinski definition) is 2. The van der Waals surface area contributed by atoms with E-state index >= 15 is 0 Å². The van der Waals surface area contributed by atoms with Crippen LogP contribution in [0.1, 0.15) is 58.8 Å². The van der Waals surface area contributed by atoms with Crippen LogP contribution < -0.4 is 0 Å². The van der Waals surface area contributed by atoms with Gasteiger partial charge in [0.05, 0.1) is 12.2 Å². The van der Waals surface area contributed by atoms with E-state index in [4.69, 9.17) is 9.47 Å². The van der Waals surface area contributed by atoms with Gasteiger partial charge in [0.1, 0.15) is 12.3 Å². The van der Waals surface area contributed by atoms with Gasteiger partial charge < -0.3 is 9.47 Å². The number of hydrogen-bond donors (Lipinski definition) is 0. The van der Waals surface area contributed by atoms with E-state index in [1.807, 2.05) is 13.8 Å². The van der Waals surface area contributed by atoms with Crippen molar-refractivity contribution in [1.82, 2.24) is 0 Å². The van der Waals surface area contributed by atoms with Crippen LogP contribution >= 0.6 is 0 Å². The van der Waals surface area contributed by atoms with Crippen molar-refractivity contribution in [3.8, 4) is 0 Å². The molecule has 8 unspecified atom stereocenters. The molecule has 2 rings (SSSR count). The number of halogens is 4. The fourth-order valence-corrected chi connectivity index (χ4v) is 4.13. The van der Waals surface area contributed by atoms with Gasteiger partial charge >= 0.3 is 0 Å². The Morgan fingerprint density at radius 2 is 1.12 bits per heavy atom. The minimum Gasteiger partial charge on any atom is -0.375 e. The molecule has 25 heavy (non-hydrogen) atoms. The molecule has 148 valence electrons. The maximum atomic E-state index is 14.6. The number of alkyl halides is 4. The molecular weight excluding hydrogens is 336 g/mol. The standard InChI is InChI=1S/C19H32F4O2/c1-3-5-11-25-15-9-7-13(17(21)19(15)23)12-6-8-14(24-10-4-2)18(22)16(12)20/h12-19H,3-11H2,1-2H3. The zero-order valence-electron chi connectivity index (χ0n) is 15.3. The van der Waals surface area contributed by atoms with Gasteiger partial charge in [-0.25, -0.2) is 17.6 Å². The van der Waals surface area contributed by atoms with Gasteiger partial charge in [-0.2, -0.15) is 0 Å². The molecule has 2 saturated carbocycles. The molecule has 2 aliphatic carbocycles. The minimum atomic E-state index is -1.79. The number of ether oxygens (including phenoxy) is 2. The van der Waals surface area contributed by atoms with Gasteiger partial charge in [-0.1, -0.05) is 20.3 Å². The first-order valence-electron chi connectivity index (χ1n) is 9.80. The lowest BCUT2D eigenvalue weighted by molar-refractivity contribution is -0.122. The van der Waals surface area contributed by atoms with Crippen LogP contribution in [0.4, 0.5) is 17.6 Å². The summed E-state index contributed by atoms with van der Waals surface area (Å²) in [4.78, 5) is 0. The van der Waals surface area contributed by atoms with Gasteiger partial charge in [0.15, 0.2) is 12.3 Å². The lowest BCUT2D eigenvalue weighted by Gasteiger charge is -2.43. The summed E-state index contributed by atoms with van der Waals surface area (Å²) in [7, 11) is 0. The average molecular weight is 368 g/mol. The van der Waals surface area contributed by atoms with Crippen LogP contribution in [-0.2, 0) is 9.47 Å². The molecular formula is C19H32F4O2. The van der Waals surface area contributed by atoms with Crippen molar-refractivity contribution in [1.29, 1.82) is 0 Å². The molecule has 0 N–H and O–H groups in total. The molecule has 2 fully saturated rings. The minimum absolute atomic E-state index is 0.342. The van der Waals surface area contributed by atoms with E-state index in [1.165, 1.54) is 0 Å². The Morgan fingerprint density at radius 3 is 1.56 bits per heavy atom. The summed E-state index contributed by atoms with van der Waals surface area (Å²) in [5, 5.41) is 0. The highest BCUT2D eigenvalue weighted by Crippen LogP contribution is 2.44. The lowest BCUT2D eigenvalue weighted by atomic mass is 9.69. The Kier molecular flexibility index (Phi) is 8.46. The van der Waals surface area contributed by atoms with Gasteiger partial charge in [0.25, 0.3) is 0 Å². The molecule has 0 aromatic carbocycles. The normalized spacial score (nSPS) is 42.5. The SMILES string of the molecule is CCCCOC1CCC(C2CCC(OCCC)C(F)C2F)C(F)C1F. The van der Waals surface area contributed by atoms with E-state index < -0.39 is 48.7 Å². The fourth-order valence-electron chi connectivity index (χ4n) is 4.13. The first-order chi connectivity index (χ1) is 12.0. The third-order valence-electron chi connectivity index (χ3n) is 5.62. The van der Waals surface area contributed by atoms with Crippen molar-refractivity contribution in [2.45, 2.75) is 95.7 Å². The van der Waals surface area contributed by atoms with Crippen LogP contribution in [0.5, 0.6) is 0 Å². The van der Waals surface area contributed by atoms with E-state index in [1.54, 1.807) is 0 Å². The highest BCUT2D eigenvalue weighted by atomic mass is 19.2. The molecule has 0 aromatic rings. The molecule has 0 radical (unpaired) electrons. The van der Waals surface area contributed by atoms with Crippen molar-refractivity contribution in [2.75, 3.05) is 13.2 Å². The first-order valence-corrected chi connectivity index (χ1v) is 9.80. The third-order valence-corrected chi connectivity index (χ3v) is 5.62. The average Bonchev–Trinajstić information content (AvgIpc) is 2.61. The molecule has 0 saturated heterocycles. The maximum absolute atomic E-state index is 14.6. The predicted octanol–water partition coefficient (Wildman–Crippen LogP) is 5.14. The summed E-state index contributed by atoms with van der Waals surface area (Å²) in [6, 6.07) is 0. The van der Waals surface area contributed by atoms with Crippen molar-refractivity contribution in [3.63, 3.8) is 0 Å². The van der Waals surface area contributed by atoms with Crippen molar-refractivity contribution >= 4 is 0 Å². The molecule has 8 atom stereocenters. The first kappa shape index (κ1) is 20.9. The predicted molar refractivity (Wildman–Crippen MR) is 89.7 cm³/mol. The van der Waals surface area contributed by atoms with Gasteiger partial charge in [-0.15, -0.1) is 0 Å². The van der Waals surface area contributed by atoms with E-state index in [0.717, 1.165) is 19.3 Å². The largest absolute Gasteiger partial charge is 0.375 e. The molecule has 2 aliphatic rings. The van der Waals surface area contributed by atoms with Crippen LogP contribution in [0.2, 0.25) is 0 Å². The quantitative estimate of drug-likeness (QED) is 0.436. The van der Waals surface area contributed by atoms with Gasteiger partial charge in [-0.05, 0) is 50.4 Å². The Balaban J connectivity index is 1.91. The third kappa shape index (κ3) is 5.09. The molecule has 0 spiro atoms. The van der Waals surface area contributed by atoms with E-state index in [9.17, 15) is 17.6 Å². The van der Waals surface area contributed by atoms with E-state index in [-0.39, 0.29) is 0 Å². The zero-order chi connectivity index (χ0) is 18.4. The van der Waals surface area contributed by atoms with Crippen LogP contribution in [-0.4, -0.2) is 50.1 Å². The smallest absolute Gasteiger partial charge is 0.157 e. The summed E-state index contributed by atoms with van der Waals surface area (Å²) in [6.45, 7) is 4.71. The van der Waals surface area contributed by atoms with Gasteiger partial charge in [0, 0.05) is 13.2 Å². The van der Waals surface area contributed by atoms with Crippen molar-refractivity contribution in [3.05, 3.63) is 0 Å². The molecule has 0 aromatic heterocycles. The van der Waals surface area contributed by atoms with E-state index in [0.29, 0.717) is 38.9 Å². The molecule has 6 heteroatoms. The second-order valence-corrected chi connectivity index (χ2v) is 7.43. The van der Waals surface area contributed by atoms with E-state index in [2.05, 4.69) is 0 Å². The second-order valence-electron chi connectivity index (χ2n) is 7.43. The Morgan fingerprint density at radius 1 is 0.640 bits per heavy atom. The molecule has 0 aliphatic heterocycles. The van der Waals surface area contributed by atoms with Crippen LogP contribution in [0.3, 0.4) is 0 Å².